The van der Waals surface area contributed by atoms with E-state index in [9.17, 15) is 4.79 Å². The van der Waals surface area contributed by atoms with Gasteiger partial charge >= 0.3 is 6.03 Å². The van der Waals surface area contributed by atoms with E-state index in [1.54, 1.807) is 23.4 Å². The molecule has 2 amide bonds. The van der Waals surface area contributed by atoms with Crippen molar-refractivity contribution in [3.05, 3.63) is 42.5 Å². The summed E-state index contributed by atoms with van der Waals surface area (Å²) in [6, 6.07) is 7.29. The van der Waals surface area contributed by atoms with Gasteiger partial charge in [-0.25, -0.2) is 9.78 Å². The van der Waals surface area contributed by atoms with E-state index in [0.717, 1.165) is 23.7 Å². The summed E-state index contributed by atoms with van der Waals surface area (Å²) in [6.07, 6.45) is 4.11. The van der Waals surface area contributed by atoms with Crippen molar-refractivity contribution in [1.82, 2.24) is 15.2 Å². The van der Waals surface area contributed by atoms with Crippen molar-refractivity contribution >= 4 is 11.8 Å². The third-order valence-electron chi connectivity index (χ3n) is 3.89. The van der Waals surface area contributed by atoms with Crippen LogP contribution >= 0.6 is 0 Å². The lowest BCUT2D eigenvalue weighted by Gasteiger charge is -2.20. The number of carbonyl (C=O) groups excluding carboxylic acids is 1. The van der Waals surface area contributed by atoms with Gasteiger partial charge in [0.05, 0.1) is 19.4 Å². The summed E-state index contributed by atoms with van der Waals surface area (Å²) in [4.78, 5) is 20.2. The molecular formula is C17H22N4O3. The van der Waals surface area contributed by atoms with Crippen LogP contribution < -0.4 is 15.0 Å². The van der Waals surface area contributed by atoms with Gasteiger partial charge < -0.3 is 24.3 Å². The fraction of sp³-hybridized carbons (Fsp3) is 0.412. The van der Waals surface area contributed by atoms with Crippen LogP contribution in [-0.2, 0) is 6.54 Å². The molecule has 0 unspecified atom stereocenters. The first-order valence-corrected chi connectivity index (χ1v) is 7.97. The molecule has 128 valence electrons. The van der Waals surface area contributed by atoms with Crippen molar-refractivity contribution in [3.63, 3.8) is 0 Å². The second-order valence-electron chi connectivity index (χ2n) is 5.93. The third kappa shape index (κ3) is 3.79. The first-order valence-electron chi connectivity index (χ1n) is 7.97. The molecule has 1 saturated heterocycles. The molecule has 1 N–H and O–H groups in total. The second kappa shape index (κ2) is 7.25. The molecule has 0 aromatic carbocycles. The zero-order chi connectivity index (χ0) is 16.9. The number of ether oxygens (including phenoxy) is 1. The van der Waals surface area contributed by atoms with Crippen molar-refractivity contribution < 1.29 is 13.9 Å². The number of pyridine rings is 1. The van der Waals surface area contributed by atoms with E-state index in [0.29, 0.717) is 19.6 Å². The summed E-state index contributed by atoms with van der Waals surface area (Å²) in [5.74, 6) is 2.27. The molecule has 2 aromatic rings. The van der Waals surface area contributed by atoms with E-state index in [-0.39, 0.29) is 12.1 Å². The molecule has 0 saturated carbocycles. The van der Waals surface area contributed by atoms with Gasteiger partial charge in [-0.2, -0.15) is 0 Å². The molecule has 0 bridgehead atoms. The van der Waals surface area contributed by atoms with Crippen LogP contribution in [0.25, 0.3) is 0 Å². The van der Waals surface area contributed by atoms with Crippen LogP contribution in [0, 0.1) is 0 Å². The smallest absolute Gasteiger partial charge is 0.317 e. The van der Waals surface area contributed by atoms with Gasteiger partial charge in [0.1, 0.15) is 11.9 Å². The number of rotatable bonds is 5. The zero-order valence-corrected chi connectivity index (χ0v) is 13.9. The number of furan rings is 1. The lowest BCUT2D eigenvalue weighted by Crippen LogP contribution is -2.39. The molecule has 7 nitrogen and oxygen atoms in total. The number of hydrogen-bond acceptors (Lipinski definition) is 5. The number of nitrogens with one attached hydrogen (secondary N) is 1. The lowest BCUT2D eigenvalue weighted by atomic mass is 10.3. The summed E-state index contributed by atoms with van der Waals surface area (Å²) in [6.45, 7) is 1.62. The number of carbonyl (C=O) groups is 1. The molecular weight excluding hydrogens is 308 g/mol. The Balaban J connectivity index is 1.53. The average molecular weight is 330 g/mol. The summed E-state index contributed by atoms with van der Waals surface area (Å²) in [5, 5.41) is 2.86. The van der Waals surface area contributed by atoms with E-state index < -0.39 is 0 Å². The number of anilines is 1. The van der Waals surface area contributed by atoms with Crippen LogP contribution in [0.1, 0.15) is 12.2 Å². The highest BCUT2D eigenvalue weighted by atomic mass is 16.5. The number of amides is 2. The Morgan fingerprint density at radius 2 is 2.33 bits per heavy atom. The van der Waals surface area contributed by atoms with E-state index >= 15 is 0 Å². The maximum atomic E-state index is 12.2. The predicted octanol–water partition coefficient (Wildman–Crippen LogP) is 2.10. The molecule has 2 aromatic heterocycles. The molecule has 7 heteroatoms. The number of aromatic nitrogens is 1. The Hall–Kier alpha value is -2.70. The van der Waals surface area contributed by atoms with Crippen LogP contribution in [0.4, 0.5) is 10.6 Å². The quantitative estimate of drug-likeness (QED) is 0.909. The Bertz CT molecular complexity index is 672. The monoisotopic (exact) mass is 330 g/mol. The zero-order valence-electron chi connectivity index (χ0n) is 13.9. The minimum atomic E-state index is -0.100. The number of nitrogens with zero attached hydrogens (tertiary/aromatic N) is 3. The Morgan fingerprint density at radius 3 is 3.08 bits per heavy atom. The summed E-state index contributed by atoms with van der Waals surface area (Å²) >= 11 is 0. The van der Waals surface area contributed by atoms with Crippen LogP contribution in [0.15, 0.2) is 41.1 Å². The van der Waals surface area contributed by atoms with Gasteiger partial charge in [-0.15, -0.1) is 0 Å². The maximum absolute atomic E-state index is 12.2. The summed E-state index contributed by atoms with van der Waals surface area (Å²) in [7, 11) is 3.86. The first-order chi connectivity index (χ1) is 11.6. The first kappa shape index (κ1) is 16.2. The Morgan fingerprint density at radius 1 is 1.46 bits per heavy atom. The molecule has 3 heterocycles. The van der Waals surface area contributed by atoms with Crippen molar-refractivity contribution in [2.24, 2.45) is 0 Å². The normalized spacial score (nSPS) is 16.9. The average Bonchev–Trinajstić information content (AvgIpc) is 3.24. The molecule has 1 aliphatic heterocycles. The minimum Gasteiger partial charge on any atom is -0.485 e. The molecule has 3 rings (SSSR count). The molecule has 0 aliphatic carbocycles. The van der Waals surface area contributed by atoms with Crippen molar-refractivity contribution in [2.75, 3.05) is 32.1 Å². The van der Waals surface area contributed by atoms with Gasteiger partial charge in [-0.05, 0) is 24.3 Å². The third-order valence-corrected chi connectivity index (χ3v) is 3.89. The molecule has 1 atom stereocenters. The van der Waals surface area contributed by atoms with Gasteiger partial charge in [0.15, 0.2) is 11.6 Å². The fourth-order valence-electron chi connectivity index (χ4n) is 2.69. The standard InChI is InChI=1S/C17H22N4O3/c1-20(2)16-15(6-3-8-18-16)24-14-7-9-21(12-14)17(22)19-11-13-5-4-10-23-13/h3-6,8,10,14H,7,9,11-12H2,1-2H3,(H,19,22)/t14-/m1/s1. The van der Waals surface area contributed by atoms with E-state index in [2.05, 4.69) is 10.3 Å². The van der Waals surface area contributed by atoms with Crippen LogP contribution in [-0.4, -0.2) is 49.2 Å². The van der Waals surface area contributed by atoms with Gasteiger partial charge in [-0.1, -0.05) is 0 Å². The topological polar surface area (TPSA) is 70.8 Å². The Labute approximate surface area is 141 Å². The van der Waals surface area contributed by atoms with Crippen molar-refractivity contribution in [2.45, 2.75) is 19.1 Å². The molecule has 24 heavy (non-hydrogen) atoms. The van der Waals surface area contributed by atoms with Gasteiger partial charge in [0.25, 0.3) is 0 Å². The van der Waals surface area contributed by atoms with E-state index in [4.69, 9.17) is 9.15 Å². The second-order valence-corrected chi connectivity index (χ2v) is 5.93. The predicted molar refractivity (Wildman–Crippen MR) is 90.1 cm³/mol. The van der Waals surface area contributed by atoms with E-state index in [1.807, 2.05) is 37.2 Å². The van der Waals surface area contributed by atoms with Gasteiger partial charge in [0.2, 0.25) is 0 Å². The molecule has 0 spiro atoms. The van der Waals surface area contributed by atoms with Crippen molar-refractivity contribution in [3.8, 4) is 5.75 Å². The van der Waals surface area contributed by atoms with E-state index in [1.165, 1.54) is 0 Å². The summed E-state index contributed by atoms with van der Waals surface area (Å²) < 4.78 is 11.3. The number of urea groups is 1. The van der Waals surface area contributed by atoms with Gasteiger partial charge in [-0.3, -0.25) is 0 Å². The lowest BCUT2D eigenvalue weighted by molar-refractivity contribution is 0.186. The largest absolute Gasteiger partial charge is 0.485 e. The summed E-state index contributed by atoms with van der Waals surface area (Å²) in [5.41, 5.74) is 0. The fourth-order valence-corrected chi connectivity index (χ4v) is 2.69. The number of likely N-dealkylation sites (tertiary alicyclic amines) is 1. The highest BCUT2D eigenvalue weighted by Gasteiger charge is 2.28. The van der Waals surface area contributed by atoms with Crippen LogP contribution in [0.2, 0.25) is 0 Å². The SMILES string of the molecule is CN(C)c1ncccc1O[C@@H]1CCN(C(=O)NCc2ccco2)C1. The van der Waals surface area contributed by atoms with Crippen LogP contribution in [0.5, 0.6) is 5.75 Å². The molecule has 1 fully saturated rings. The molecule has 0 radical (unpaired) electrons. The van der Waals surface area contributed by atoms with Gasteiger partial charge in [0, 0.05) is 33.3 Å². The highest BCUT2D eigenvalue weighted by Crippen LogP contribution is 2.26. The van der Waals surface area contributed by atoms with Crippen LogP contribution in [0.3, 0.4) is 0 Å². The Kier molecular flexibility index (Phi) is 4.88. The highest BCUT2D eigenvalue weighted by molar-refractivity contribution is 5.74. The van der Waals surface area contributed by atoms with Crippen molar-refractivity contribution in [1.29, 1.82) is 0 Å². The minimum absolute atomic E-state index is 0.0257. The number of hydrogen-bond donors (Lipinski definition) is 1. The maximum Gasteiger partial charge on any atom is 0.317 e. The molecule has 1 aliphatic rings.